The second kappa shape index (κ2) is 32.2. The highest BCUT2D eigenvalue weighted by atomic mass is 14.1. The van der Waals surface area contributed by atoms with Gasteiger partial charge in [0.25, 0.3) is 0 Å². The van der Waals surface area contributed by atoms with E-state index in [1.54, 1.807) is 0 Å². The molecule has 0 fully saturated rings. The van der Waals surface area contributed by atoms with Gasteiger partial charge in [-0.15, -0.1) is 0 Å². The minimum atomic E-state index is 0.964. The van der Waals surface area contributed by atoms with E-state index in [9.17, 15) is 0 Å². The SMILES string of the molecule is CCCCCCCCCCCCCCCCCCC(C)CCCCCCCCCCCC(C)CCCC. The standard InChI is InChI=1S/C37H76/c1-5-7-9-10-11-12-13-14-15-16-17-18-20-23-27-30-34-37(4)35-31-28-25-22-19-21-24-26-29-33-36(3)32-8-6-2/h36-37H,5-35H2,1-4H3. The lowest BCUT2D eigenvalue weighted by Crippen LogP contribution is -1.95. The van der Waals surface area contributed by atoms with Crippen molar-refractivity contribution in [3.63, 3.8) is 0 Å². The molecule has 0 aromatic rings. The first-order valence-corrected chi connectivity index (χ1v) is 18.2. The molecule has 0 aliphatic carbocycles. The van der Waals surface area contributed by atoms with Gasteiger partial charge in [0, 0.05) is 0 Å². The topological polar surface area (TPSA) is 0 Å². The highest BCUT2D eigenvalue weighted by molar-refractivity contribution is 4.57. The van der Waals surface area contributed by atoms with Crippen LogP contribution >= 0.6 is 0 Å². The van der Waals surface area contributed by atoms with Gasteiger partial charge in [-0.25, -0.2) is 0 Å². The lowest BCUT2D eigenvalue weighted by molar-refractivity contribution is 0.427. The van der Waals surface area contributed by atoms with E-state index in [0.717, 1.165) is 11.8 Å². The van der Waals surface area contributed by atoms with E-state index in [4.69, 9.17) is 0 Å². The summed E-state index contributed by atoms with van der Waals surface area (Å²) < 4.78 is 0. The zero-order chi connectivity index (χ0) is 27.1. The first kappa shape index (κ1) is 37.0. The van der Waals surface area contributed by atoms with Crippen molar-refractivity contribution in [2.45, 2.75) is 227 Å². The highest BCUT2D eigenvalue weighted by Crippen LogP contribution is 2.20. The largest absolute Gasteiger partial charge is 0.0654 e. The first-order chi connectivity index (χ1) is 18.2. The van der Waals surface area contributed by atoms with Gasteiger partial charge in [-0.1, -0.05) is 227 Å². The summed E-state index contributed by atoms with van der Waals surface area (Å²) in [4.78, 5) is 0. The van der Waals surface area contributed by atoms with Crippen LogP contribution in [0.5, 0.6) is 0 Å². The molecule has 2 atom stereocenters. The van der Waals surface area contributed by atoms with Crippen molar-refractivity contribution in [2.24, 2.45) is 11.8 Å². The van der Waals surface area contributed by atoms with E-state index in [0.29, 0.717) is 0 Å². The molecule has 0 nitrogen and oxygen atoms in total. The second-order valence-electron chi connectivity index (χ2n) is 13.2. The van der Waals surface area contributed by atoms with E-state index in [2.05, 4.69) is 27.7 Å². The average Bonchev–Trinajstić information content (AvgIpc) is 2.90. The summed E-state index contributed by atoms with van der Waals surface area (Å²) in [6, 6.07) is 0. The molecule has 0 spiro atoms. The Morgan fingerprint density at radius 3 is 0.676 bits per heavy atom. The zero-order valence-corrected chi connectivity index (χ0v) is 27.1. The molecule has 0 aromatic heterocycles. The van der Waals surface area contributed by atoms with E-state index >= 15 is 0 Å². The molecule has 0 amide bonds. The monoisotopic (exact) mass is 521 g/mol. The second-order valence-corrected chi connectivity index (χ2v) is 13.2. The fraction of sp³-hybridized carbons (Fsp3) is 1.00. The summed E-state index contributed by atoms with van der Waals surface area (Å²) in [6.45, 7) is 9.59. The Kier molecular flexibility index (Phi) is 32.2. The van der Waals surface area contributed by atoms with Crippen LogP contribution < -0.4 is 0 Å². The van der Waals surface area contributed by atoms with Gasteiger partial charge >= 0.3 is 0 Å². The molecule has 0 aliphatic heterocycles. The predicted octanol–water partition coefficient (Wildman–Crippen LogP) is 14.4. The van der Waals surface area contributed by atoms with Crippen LogP contribution in [0.1, 0.15) is 227 Å². The van der Waals surface area contributed by atoms with Crippen LogP contribution in [0.4, 0.5) is 0 Å². The molecule has 224 valence electrons. The lowest BCUT2D eigenvalue weighted by Gasteiger charge is -2.11. The molecule has 0 bridgehead atoms. The zero-order valence-electron chi connectivity index (χ0n) is 27.1. The van der Waals surface area contributed by atoms with Crippen molar-refractivity contribution in [1.82, 2.24) is 0 Å². The van der Waals surface area contributed by atoms with Crippen LogP contribution in [0.3, 0.4) is 0 Å². The Morgan fingerprint density at radius 1 is 0.243 bits per heavy atom. The number of rotatable bonds is 32. The molecule has 0 N–H and O–H groups in total. The van der Waals surface area contributed by atoms with Crippen LogP contribution in [-0.4, -0.2) is 0 Å². The summed E-state index contributed by atoms with van der Waals surface area (Å²) >= 11 is 0. The Bertz CT molecular complexity index is 385. The molecule has 0 saturated carbocycles. The maximum Gasteiger partial charge on any atom is -0.0443 e. The summed E-state index contributed by atoms with van der Waals surface area (Å²) in [6.07, 6.45) is 45.7. The van der Waals surface area contributed by atoms with Gasteiger partial charge < -0.3 is 0 Å². The van der Waals surface area contributed by atoms with Gasteiger partial charge in [0.2, 0.25) is 0 Å². The third kappa shape index (κ3) is 32.1. The molecule has 0 rings (SSSR count). The van der Waals surface area contributed by atoms with Crippen LogP contribution in [0, 0.1) is 11.8 Å². The summed E-state index contributed by atoms with van der Waals surface area (Å²) in [5.41, 5.74) is 0. The van der Waals surface area contributed by atoms with E-state index < -0.39 is 0 Å². The van der Waals surface area contributed by atoms with Gasteiger partial charge in [-0.3, -0.25) is 0 Å². The molecule has 0 aliphatic rings. The van der Waals surface area contributed by atoms with Gasteiger partial charge in [-0.2, -0.15) is 0 Å². The molecule has 0 saturated heterocycles. The van der Waals surface area contributed by atoms with Crippen molar-refractivity contribution in [3.8, 4) is 0 Å². The van der Waals surface area contributed by atoms with Crippen molar-refractivity contribution >= 4 is 0 Å². The molecular weight excluding hydrogens is 444 g/mol. The summed E-state index contributed by atoms with van der Waals surface area (Å²) in [5, 5.41) is 0. The predicted molar refractivity (Wildman–Crippen MR) is 173 cm³/mol. The quantitative estimate of drug-likeness (QED) is 0.0773. The average molecular weight is 521 g/mol. The van der Waals surface area contributed by atoms with Crippen LogP contribution in [0.25, 0.3) is 0 Å². The normalized spacial score (nSPS) is 13.3. The third-order valence-electron chi connectivity index (χ3n) is 8.99. The Labute approximate surface area is 238 Å². The van der Waals surface area contributed by atoms with Crippen molar-refractivity contribution in [1.29, 1.82) is 0 Å². The Hall–Kier alpha value is 0. The third-order valence-corrected chi connectivity index (χ3v) is 8.99. The van der Waals surface area contributed by atoms with E-state index in [1.807, 2.05) is 0 Å². The highest BCUT2D eigenvalue weighted by Gasteiger charge is 2.03. The van der Waals surface area contributed by atoms with Crippen molar-refractivity contribution < 1.29 is 0 Å². The van der Waals surface area contributed by atoms with Crippen LogP contribution in [0.15, 0.2) is 0 Å². The number of hydrogen-bond donors (Lipinski definition) is 0. The molecule has 37 heavy (non-hydrogen) atoms. The summed E-state index contributed by atoms with van der Waals surface area (Å²) in [5.74, 6) is 1.93. The molecule has 2 unspecified atom stereocenters. The molecule has 0 heterocycles. The molecule has 0 radical (unpaired) electrons. The van der Waals surface area contributed by atoms with Crippen LogP contribution in [0.2, 0.25) is 0 Å². The fourth-order valence-corrected chi connectivity index (χ4v) is 6.11. The first-order valence-electron chi connectivity index (χ1n) is 18.2. The maximum absolute atomic E-state index is 2.51. The van der Waals surface area contributed by atoms with Crippen molar-refractivity contribution in [3.05, 3.63) is 0 Å². The number of hydrogen-bond acceptors (Lipinski definition) is 0. The minimum absolute atomic E-state index is 0.964. The molecular formula is C37H76. The van der Waals surface area contributed by atoms with Gasteiger partial charge in [0.1, 0.15) is 0 Å². The maximum atomic E-state index is 2.51. The Morgan fingerprint density at radius 2 is 0.432 bits per heavy atom. The van der Waals surface area contributed by atoms with E-state index in [1.165, 1.54) is 199 Å². The van der Waals surface area contributed by atoms with Crippen molar-refractivity contribution in [2.75, 3.05) is 0 Å². The molecule has 0 heteroatoms. The van der Waals surface area contributed by atoms with Gasteiger partial charge in [0.15, 0.2) is 0 Å². The summed E-state index contributed by atoms with van der Waals surface area (Å²) in [7, 11) is 0. The Balaban J connectivity index is 3.17. The minimum Gasteiger partial charge on any atom is -0.0654 e. The van der Waals surface area contributed by atoms with Gasteiger partial charge in [-0.05, 0) is 11.8 Å². The molecule has 0 aromatic carbocycles. The van der Waals surface area contributed by atoms with Crippen LogP contribution in [-0.2, 0) is 0 Å². The smallest absolute Gasteiger partial charge is 0.0443 e. The van der Waals surface area contributed by atoms with Gasteiger partial charge in [0.05, 0.1) is 0 Å². The fourth-order valence-electron chi connectivity index (χ4n) is 6.11. The number of unbranched alkanes of at least 4 members (excludes halogenated alkanes) is 24. The lowest BCUT2D eigenvalue weighted by atomic mass is 9.95. The van der Waals surface area contributed by atoms with E-state index in [-0.39, 0.29) is 0 Å².